The summed E-state index contributed by atoms with van der Waals surface area (Å²) < 4.78 is 0. The highest BCUT2D eigenvalue weighted by Crippen LogP contribution is 2.24. The molecule has 0 bridgehead atoms. The minimum absolute atomic E-state index is 0.520. The molecular formula is C11H14N4. The molecule has 0 spiro atoms. The van der Waals surface area contributed by atoms with E-state index in [1.807, 2.05) is 30.3 Å². The number of nitrogen functional groups attached to an aromatic ring is 1. The second-order valence-electron chi connectivity index (χ2n) is 3.75. The molecule has 4 heteroatoms. The molecular weight excluding hydrogens is 188 g/mol. The number of hydrogen-bond acceptors (Lipinski definition) is 4. The first-order chi connectivity index (χ1) is 7.10. The number of nitrogens with zero attached hydrogens (tertiary/aromatic N) is 1. The average molecular weight is 202 g/mol. The molecule has 0 aromatic heterocycles. The van der Waals surface area contributed by atoms with Crippen LogP contribution in [0.15, 0.2) is 41.2 Å². The zero-order valence-electron chi connectivity index (χ0n) is 8.35. The second kappa shape index (κ2) is 3.40. The summed E-state index contributed by atoms with van der Waals surface area (Å²) in [7, 11) is 0. The quantitative estimate of drug-likeness (QED) is 0.585. The van der Waals surface area contributed by atoms with Gasteiger partial charge >= 0.3 is 0 Å². The van der Waals surface area contributed by atoms with Crippen molar-refractivity contribution in [3.8, 4) is 0 Å². The van der Waals surface area contributed by atoms with E-state index in [4.69, 9.17) is 17.2 Å². The molecule has 0 saturated heterocycles. The Hall–Kier alpha value is -1.81. The van der Waals surface area contributed by atoms with Gasteiger partial charge in [-0.2, -0.15) is 0 Å². The van der Waals surface area contributed by atoms with Gasteiger partial charge in [0.05, 0.1) is 5.54 Å². The molecule has 1 heterocycles. The first kappa shape index (κ1) is 9.73. The van der Waals surface area contributed by atoms with E-state index in [9.17, 15) is 0 Å². The molecule has 1 aromatic carbocycles. The molecule has 1 unspecified atom stereocenters. The van der Waals surface area contributed by atoms with Gasteiger partial charge in [-0.1, -0.05) is 12.1 Å². The van der Waals surface area contributed by atoms with E-state index >= 15 is 0 Å². The van der Waals surface area contributed by atoms with Crippen LogP contribution in [0.25, 0.3) is 0 Å². The van der Waals surface area contributed by atoms with Gasteiger partial charge in [-0.25, -0.2) is 4.99 Å². The summed E-state index contributed by atoms with van der Waals surface area (Å²) in [6.07, 6.45) is 4.18. The molecule has 6 N–H and O–H groups in total. The minimum Gasteiger partial charge on any atom is -0.399 e. The lowest BCUT2D eigenvalue weighted by molar-refractivity contribution is 0.614. The van der Waals surface area contributed by atoms with Crippen LogP contribution in [0.5, 0.6) is 0 Å². The molecule has 0 fully saturated rings. The molecule has 1 aromatic rings. The Morgan fingerprint density at radius 1 is 1.13 bits per heavy atom. The van der Waals surface area contributed by atoms with E-state index in [0.717, 1.165) is 11.3 Å². The normalized spacial score (nSPS) is 25.0. The van der Waals surface area contributed by atoms with Crippen LogP contribution >= 0.6 is 0 Å². The number of hydrogen-bond donors (Lipinski definition) is 3. The Labute approximate surface area is 88.5 Å². The summed E-state index contributed by atoms with van der Waals surface area (Å²) >= 11 is 0. The first-order valence-corrected chi connectivity index (χ1v) is 4.76. The molecule has 0 radical (unpaired) electrons. The van der Waals surface area contributed by atoms with Gasteiger partial charge in [0.25, 0.3) is 0 Å². The monoisotopic (exact) mass is 202 g/mol. The smallest absolute Gasteiger partial charge is 0.119 e. The first-order valence-electron chi connectivity index (χ1n) is 4.76. The van der Waals surface area contributed by atoms with Gasteiger partial charge in [-0.3, -0.25) is 0 Å². The predicted molar refractivity (Wildman–Crippen MR) is 62.1 cm³/mol. The summed E-state index contributed by atoms with van der Waals surface area (Å²) in [5.41, 5.74) is 18.5. The second-order valence-corrected chi connectivity index (χ2v) is 3.75. The van der Waals surface area contributed by atoms with Gasteiger partial charge in [0.15, 0.2) is 0 Å². The molecule has 0 aliphatic carbocycles. The average Bonchev–Trinajstić information content (AvgIpc) is 2.24. The Bertz CT molecular complexity index is 419. The molecule has 1 aliphatic rings. The highest BCUT2D eigenvalue weighted by Gasteiger charge is 2.26. The number of benzene rings is 1. The number of anilines is 1. The fourth-order valence-corrected chi connectivity index (χ4v) is 1.55. The van der Waals surface area contributed by atoms with Crippen molar-refractivity contribution >= 4 is 11.9 Å². The summed E-state index contributed by atoms with van der Waals surface area (Å²) in [6, 6.07) is 7.49. The van der Waals surface area contributed by atoms with Crippen molar-refractivity contribution in [2.24, 2.45) is 16.5 Å². The van der Waals surface area contributed by atoms with Crippen molar-refractivity contribution in [2.45, 2.75) is 12.0 Å². The zero-order chi connectivity index (χ0) is 10.9. The van der Waals surface area contributed by atoms with Crippen LogP contribution in [0.2, 0.25) is 0 Å². The van der Waals surface area contributed by atoms with Crippen LogP contribution in [0, 0.1) is 0 Å². The number of rotatable bonds is 1. The summed E-state index contributed by atoms with van der Waals surface area (Å²) in [5.74, 6) is 0.520. The lowest BCUT2D eigenvalue weighted by atomic mass is 9.87. The van der Waals surface area contributed by atoms with E-state index in [0.29, 0.717) is 12.2 Å². The largest absolute Gasteiger partial charge is 0.399 e. The third kappa shape index (κ3) is 1.85. The van der Waals surface area contributed by atoms with Crippen molar-refractivity contribution in [2.75, 3.05) is 5.73 Å². The fourth-order valence-electron chi connectivity index (χ4n) is 1.55. The van der Waals surface area contributed by atoms with Crippen molar-refractivity contribution in [3.05, 3.63) is 41.7 Å². The van der Waals surface area contributed by atoms with E-state index in [1.54, 1.807) is 6.21 Å². The molecule has 0 saturated carbocycles. The Balaban J connectivity index is 2.32. The Morgan fingerprint density at radius 3 is 2.33 bits per heavy atom. The maximum absolute atomic E-state index is 6.20. The van der Waals surface area contributed by atoms with Crippen molar-refractivity contribution in [1.82, 2.24) is 0 Å². The van der Waals surface area contributed by atoms with Gasteiger partial charge in [-0.05, 0) is 30.2 Å². The topological polar surface area (TPSA) is 90.4 Å². The van der Waals surface area contributed by atoms with Crippen LogP contribution in [0.1, 0.15) is 12.0 Å². The molecule has 15 heavy (non-hydrogen) atoms. The Kier molecular flexibility index (Phi) is 2.21. The molecule has 2 rings (SSSR count). The lowest BCUT2D eigenvalue weighted by Crippen LogP contribution is -2.39. The SMILES string of the molecule is NC1=CCC(N)(c2ccc(N)cc2)C=N1. The molecule has 1 aliphatic heterocycles. The highest BCUT2D eigenvalue weighted by atomic mass is 14.9. The van der Waals surface area contributed by atoms with Crippen molar-refractivity contribution in [1.29, 1.82) is 0 Å². The molecule has 78 valence electrons. The predicted octanol–water partition coefficient (Wildman–Crippen LogP) is 0.697. The minimum atomic E-state index is -0.559. The van der Waals surface area contributed by atoms with Gasteiger partial charge in [0, 0.05) is 11.9 Å². The van der Waals surface area contributed by atoms with Gasteiger partial charge in [-0.15, -0.1) is 0 Å². The van der Waals surface area contributed by atoms with Crippen LogP contribution in [-0.4, -0.2) is 6.21 Å². The number of nitrogens with two attached hydrogens (primary N) is 3. The molecule has 4 nitrogen and oxygen atoms in total. The highest BCUT2D eigenvalue weighted by molar-refractivity contribution is 5.75. The van der Waals surface area contributed by atoms with Crippen molar-refractivity contribution < 1.29 is 0 Å². The van der Waals surface area contributed by atoms with Crippen LogP contribution in [-0.2, 0) is 5.54 Å². The number of aliphatic imine (C=N–C) groups is 1. The van der Waals surface area contributed by atoms with E-state index in [1.165, 1.54) is 0 Å². The van der Waals surface area contributed by atoms with Gasteiger partial charge in [0.2, 0.25) is 0 Å². The standard InChI is InChI=1S/C11H14N4/c12-9-3-1-8(2-4-9)11(14)6-5-10(13)15-7-11/h1-5,7H,6,12-14H2. The van der Waals surface area contributed by atoms with Crippen molar-refractivity contribution in [3.63, 3.8) is 0 Å². The lowest BCUT2D eigenvalue weighted by Gasteiger charge is -2.26. The summed E-state index contributed by atoms with van der Waals surface area (Å²) in [5, 5.41) is 0. The Morgan fingerprint density at radius 2 is 1.80 bits per heavy atom. The van der Waals surface area contributed by atoms with E-state index in [2.05, 4.69) is 4.99 Å². The van der Waals surface area contributed by atoms with Gasteiger partial charge in [0.1, 0.15) is 5.82 Å². The molecule has 1 atom stereocenters. The van der Waals surface area contributed by atoms with Gasteiger partial charge < -0.3 is 17.2 Å². The zero-order valence-corrected chi connectivity index (χ0v) is 8.35. The maximum Gasteiger partial charge on any atom is 0.119 e. The maximum atomic E-state index is 6.20. The summed E-state index contributed by atoms with van der Waals surface area (Å²) in [4.78, 5) is 4.04. The third-order valence-electron chi connectivity index (χ3n) is 2.54. The summed E-state index contributed by atoms with van der Waals surface area (Å²) in [6.45, 7) is 0. The third-order valence-corrected chi connectivity index (χ3v) is 2.54. The van der Waals surface area contributed by atoms with Crippen LogP contribution in [0.3, 0.4) is 0 Å². The fraction of sp³-hybridized carbons (Fsp3) is 0.182. The van der Waals surface area contributed by atoms with Crippen LogP contribution < -0.4 is 17.2 Å². The van der Waals surface area contributed by atoms with Crippen LogP contribution in [0.4, 0.5) is 5.69 Å². The molecule has 0 amide bonds. The van der Waals surface area contributed by atoms with E-state index < -0.39 is 5.54 Å². The van der Waals surface area contributed by atoms with E-state index in [-0.39, 0.29) is 0 Å².